The van der Waals surface area contributed by atoms with Gasteiger partial charge in [0.2, 0.25) is 0 Å². The molecular weight excluding hydrogens is 853 g/mol. The van der Waals surface area contributed by atoms with E-state index in [4.69, 9.17) is 14.2 Å². The number of carbonyl (C=O) groups is 3. The molecule has 0 N–H and O–H groups in total. The smallest absolute Gasteiger partial charge is 0.306 e. The van der Waals surface area contributed by atoms with Gasteiger partial charge in [-0.3, -0.25) is 14.4 Å². The van der Waals surface area contributed by atoms with Crippen LogP contribution in [0.3, 0.4) is 0 Å². The van der Waals surface area contributed by atoms with Crippen LogP contribution in [-0.2, 0) is 28.6 Å². The molecule has 406 valence electrons. The second kappa shape index (κ2) is 58.5. The third kappa shape index (κ3) is 56.7. The zero-order valence-corrected chi connectivity index (χ0v) is 46.6. The van der Waals surface area contributed by atoms with Crippen LogP contribution in [-0.4, -0.2) is 37.2 Å². The van der Waals surface area contributed by atoms with Crippen molar-refractivity contribution in [3.8, 4) is 0 Å². The van der Waals surface area contributed by atoms with Gasteiger partial charge in [-0.25, -0.2) is 0 Å². The SMILES string of the molecule is CCC/C=C\C/C=C\CCCCCCCC(=O)OC(COC(=O)CCCCCCCCCCCCC)COC(=O)CCCCCCCCCCCCCCCCCCCCCCCCCCCCC. The predicted molar refractivity (Wildman–Crippen MR) is 298 cm³/mol. The van der Waals surface area contributed by atoms with Crippen LogP contribution in [0.5, 0.6) is 0 Å². The first-order valence-electron chi connectivity index (χ1n) is 30.8. The quantitative estimate of drug-likeness (QED) is 0.0261. The van der Waals surface area contributed by atoms with Crippen LogP contribution < -0.4 is 0 Å². The summed E-state index contributed by atoms with van der Waals surface area (Å²) >= 11 is 0. The van der Waals surface area contributed by atoms with E-state index in [1.165, 1.54) is 212 Å². The van der Waals surface area contributed by atoms with Gasteiger partial charge in [0.25, 0.3) is 0 Å². The van der Waals surface area contributed by atoms with Crippen molar-refractivity contribution in [2.24, 2.45) is 0 Å². The number of hydrogen-bond acceptors (Lipinski definition) is 6. The first-order valence-corrected chi connectivity index (χ1v) is 30.8. The molecule has 0 heterocycles. The van der Waals surface area contributed by atoms with Gasteiger partial charge in [0.15, 0.2) is 6.10 Å². The van der Waals surface area contributed by atoms with E-state index >= 15 is 0 Å². The van der Waals surface area contributed by atoms with E-state index in [1.54, 1.807) is 0 Å². The second-order valence-corrected chi connectivity index (χ2v) is 21.0. The zero-order valence-electron chi connectivity index (χ0n) is 46.6. The summed E-state index contributed by atoms with van der Waals surface area (Å²) < 4.78 is 16.9. The second-order valence-electron chi connectivity index (χ2n) is 21.0. The Hall–Kier alpha value is -2.11. The number of allylic oxidation sites excluding steroid dienone is 4. The van der Waals surface area contributed by atoms with Gasteiger partial charge in [-0.2, -0.15) is 0 Å². The Kier molecular flexibility index (Phi) is 56.7. The van der Waals surface area contributed by atoms with E-state index in [1.807, 2.05) is 0 Å². The normalized spacial score (nSPS) is 12.1. The van der Waals surface area contributed by atoms with Crippen LogP contribution in [0.15, 0.2) is 24.3 Å². The molecule has 0 aromatic carbocycles. The van der Waals surface area contributed by atoms with Gasteiger partial charge in [-0.05, 0) is 44.9 Å². The van der Waals surface area contributed by atoms with E-state index in [0.29, 0.717) is 19.3 Å². The zero-order chi connectivity index (χ0) is 50.0. The highest BCUT2D eigenvalue weighted by atomic mass is 16.6. The van der Waals surface area contributed by atoms with E-state index in [2.05, 4.69) is 45.1 Å². The van der Waals surface area contributed by atoms with Crippen molar-refractivity contribution >= 4 is 17.9 Å². The topological polar surface area (TPSA) is 78.9 Å². The summed E-state index contributed by atoms with van der Waals surface area (Å²) in [5, 5.41) is 0. The van der Waals surface area contributed by atoms with E-state index in [0.717, 1.165) is 89.9 Å². The van der Waals surface area contributed by atoms with Gasteiger partial charge in [-0.1, -0.05) is 302 Å². The van der Waals surface area contributed by atoms with Crippen LogP contribution in [0.25, 0.3) is 0 Å². The fourth-order valence-electron chi connectivity index (χ4n) is 9.31. The maximum absolute atomic E-state index is 12.8. The van der Waals surface area contributed by atoms with Gasteiger partial charge in [0, 0.05) is 19.3 Å². The number of hydrogen-bond donors (Lipinski definition) is 0. The molecule has 0 saturated heterocycles. The molecule has 0 aliphatic rings. The van der Waals surface area contributed by atoms with Gasteiger partial charge in [0.05, 0.1) is 0 Å². The lowest BCUT2D eigenvalue weighted by atomic mass is 10.0. The molecule has 0 spiro atoms. The molecule has 0 aromatic rings. The Labute approximate surface area is 430 Å². The molecule has 0 fully saturated rings. The van der Waals surface area contributed by atoms with Crippen molar-refractivity contribution in [3.63, 3.8) is 0 Å². The molecule has 69 heavy (non-hydrogen) atoms. The molecule has 0 radical (unpaired) electrons. The minimum atomic E-state index is -0.773. The summed E-state index contributed by atoms with van der Waals surface area (Å²) in [5.74, 6) is -0.866. The molecule has 1 unspecified atom stereocenters. The van der Waals surface area contributed by atoms with Crippen LogP contribution in [0, 0.1) is 0 Å². The number of carbonyl (C=O) groups excluding carboxylic acids is 3. The Morgan fingerprint density at radius 2 is 0.551 bits per heavy atom. The van der Waals surface area contributed by atoms with Gasteiger partial charge in [-0.15, -0.1) is 0 Å². The van der Waals surface area contributed by atoms with Crippen molar-refractivity contribution in [2.45, 2.75) is 348 Å². The number of unbranched alkanes of at least 4 members (excludes halogenated alkanes) is 42. The summed E-state index contributed by atoms with van der Waals surface area (Å²) in [6.07, 6.45) is 69.2. The summed E-state index contributed by atoms with van der Waals surface area (Å²) in [4.78, 5) is 38.1. The molecule has 0 rings (SSSR count). The van der Waals surface area contributed by atoms with E-state index in [9.17, 15) is 14.4 Å². The standard InChI is InChI=1S/C63H118O6/c1-4-7-10-13-16-19-22-24-25-26-27-28-29-30-31-32-33-34-35-36-37-39-41-44-47-50-53-56-62(65)68-59-60(58-67-61(64)55-52-49-46-43-40-21-18-15-12-9-6-3)69-63(66)57-54-51-48-45-42-38-23-20-17-14-11-8-5-2/h11,14,20,23,60H,4-10,12-13,15-19,21-22,24-59H2,1-3H3/b14-11-,23-20-. The minimum absolute atomic E-state index is 0.0717. The largest absolute Gasteiger partial charge is 0.462 e. The maximum atomic E-state index is 12.8. The van der Waals surface area contributed by atoms with Crippen molar-refractivity contribution < 1.29 is 28.6 Å². The summed E-state index contributed by atoms with van der Waals surface area (Å²) in [6.45, 7) is 6.61. The third-order valence-corrected chi connectivity index (χ3v) is 13.9. The molecule has 1 atom stereocenters. The van der Waals surface area contributed by atoms with Crippen LogP contribution in [0.4, 0.5) is 0 Å². The average molecular weight is 972 g/mol. The molecular formula is C63H118O6. The van der Waals surface area contributed by atoms with Crippen molar-refractivity contribution in [3.05, 3.63) is 24.3 Å². The highest BCUT2D eigenvalue weighted by molar-refractivity contribution is 5.71. The molecule has 0 aliphatic heterocycles. The van der Waals surface area contributed by atoms with Crippen molar-refractivity contribution in [2.75, 3.05) is 13.2 Å². The Morgan fingerprint density at radius 3 is 0.855 bits per heavy atom. The lowest BCUT2D eigenvalue weighted by molar-refractivity contribution is -0.167. The third-order valence-electron chi connectivity index (χ3n) is 13.9. The molecule has 0 amide bonds. The van der Waals surface area contributed by atoms with Gasteiger partial charge in [0.1, 0.15) is 13.2 Å². The Bertz CT molecular complexity index is 1110. The number of ether oxygens (including phenoxy) is 3. The van der Waals surface area contributed by atoms with E-state index < -0.39 is 6.10 Å². The van der Waals surface area contributed by atoms with Crippen LogP contribution in [0.2, 0.25) is 0 Å². The molecule has 6 heteroatoms. The van der Waals surface area contributed by atoms with E-state index in [-0.39, 0.29) is 31.1 Å². The fourth-order valence-corrected chi connectivity index (χ4v) is 9.31. The van der Waals surface area contributed by atoms with Gasteiger partial charge < -0.3 is 14.2 Å². The number of rotatable bonds is 57. The minimum Gasteiger partial charge on any atom is -0.462 e. The summed E-state index contributed by atoms with van der Waals surface area (Å²) in [6, 6.07) is 0. The van der Waals surface area contributed by atoms with Gasteiger partial charge >= 0.3 is 17.9 Å². The fraction of sp³-hybridized carbons (Fsp3) is 0.889. The first kappa shape index (κ1) is 66.9. The lowest BCUT2D eigenvalue weighted by Crippen LogP contribution is -2.30. The number of esters is 3. The molecule has 0 aliphatic carbocycles. The highest BCUT2D eigenvalue weighted by Crippen LogP contribution is 2.18. The van der Waals surface area contributed by atoms with Crippen LogP contribution in [0.1, 0.15) is 342 Å². The highest BCUT2D eigenvalue weighted by Gasteiger charge is 2.19. The Morgan fingerprint density at radius 1 is 0.290 bits per heavy atom. The predicted octanol–water partition coefficient (Wildman–Crippen LogP) is 20.7. The lowest BCUT2D eigenvalue weighted by Gasteiger charge is -2.18. The summed E-state index contributed by atoms with van der Waals surface area (Å²) in [5.41, 5.74) is 0. The summed E-state index contributed by atoms with van der Waals surface area (Å²) in [7, 11) is 0. The Balaban J connectivity index is 4.11. The molecule has 6 nitrogen and oxygen atoms in total. The monoisotopic (exact) mass is 971 g/mol. The van der Waals surface area contributed by atoms with Crippen LogP contribution >= 0.6 is 0 Å². The molecule has 0 aromatic heterocycles. The van der Waals surface area contributed by atoms with Crippen molar-refractivity contribution in [1.82, 2.24) is 0 Å². The molecule has 0 bridgehead atoms. The average Bonchev–Trinajstić information content (AvgIpc) is 3.35. The first-order chi connectivity index (χ1) is 34.0. The van der Waals surface area contributed by atoms with Crippen molar-refractivity contribution in [1.29, 1.82) is 0 Å². The molecule has 0 saturated carbocycles. The maximum Gasteiger partial charge on any atom is 0.306 e.